The Morgan fingerprint density at radius 2 is 1.09 bits per heavy atom. The van der Waals surface area contributed by atoms with Crippen molar-refractivity contribution in [3.05, 3.63) is 24.3 Å². The summed E-state index contributed by atoms with van der Waals surface area (Å²) in [6.45, 7) is 6.79. The number of aromatic nitrogens is 3. The van der Waals surface area contributed by atoms with Gasteiger partial charge < -0.3 is 0 Å². The van der Waals surface area contributed by atoms with Crippen molar-refractivity contribution in [3.8, 4) is 0 Å². The van der Waals surface area contributed by atoms with Crippen LogP contribution in [0.5, 0.6) is 0 Å². The van der Waals surface area contributed by atoms with Crippen molar-refractivity contribution in [2.24, 2.45) is 0 Å². The monoisotopic (exact) mass is 554 g/mol. The summed E-state index contributed by atoms with van der Waals surface area (Å²) in [5.74, 6) is 0. The second-order valence-corrected chi connectivity index (χ2v) is 13.3. The minimum Gasteiger partial charge on any atom is -0.183 e. The molecule has 0 spiro atoms. The van der Waals surface area contributed by atoms with E-state index in [1.54, 1.807) is 4.85 Å². The summed E-state index contributed by atoms with van der Waals surface area (Å²) in [5.41, 5.74) is 1.87. The van der Waals surface area contributed by atoms with Gasteiger partial charge in [0, 0.05) is 39.3 Å². The van der Waals surface area contributed by atoms with Crippen LogP contribution in [0.1, 0.15) is 38.5 Å². The first-order valence-corrected chi connectivity index (χ1v) is 14.6. The molecule has 1 aromatic heterocycles. The van der Waals surface area contributed by atoms with Crippen LogP contribution in [-0.2, 0) is 0 Å². The van der Waals surface area contributed by atoms with Crippen LogP contribution in [0.2, 0.25) is 0 Å². The summed E-state index contributed by atoms with van der Waals surface area (Å²) < 4.78 is 74.1. The van der Waals surface area contributed by atoms with Gasteiger partial charge >= 0.3 is 40.9 Å². The van der Waals surface area contributed by atoms with Crippen molar-refractivity contribution in [1.29, 1.82) is 0 Å². The molecule has 4 heterocycles. The summed E-state index contributed by atoms with van der Waals surface area (Å²) in [6.07, 6.45) is 7.61. The Labute approximate surface area is 198 Å². The van der Waals surface area contributed by atoms with E-state index in [2.05, 4.69) is 30.4 Å². The Bertz CT molecular complexity index is 908. The van der Waals surface area contributed by atoms with Crippen molar-refractivity contribution in [1.82, 2.24) is 29.2 Å². The molecule has 0 saturated carbocycles. The van der Waals surface area contributed by atoms with Gasteiger partial charge in [0.05, 0.1) is 0 Å². The maximum atomic E-state index is 9.87. The first kappa shape index (κ1) is 27.8. The Kier molecular flexibility index (Phi) is 7.81. The van der Waals surface area contributed by atoms with Gasteiger partial charge in [-0.15, -0.1) is 19.1 Å². The quantitative estimate of drug-likeness (QED) is 0.321. The summed E-state index contributed by atoms with van der Waals surface area (Å²) in [7, 11) is -12.7. The topological polar surface area (TPSA) is 49.7 Å². The Hall–Kier alpha value is -0.830. The minimum absolute atomic E-state index is 0. The maximum Gasteiger partial charge on any atom is 0.451 e. The molecule has 0 aliphatic carbocycles. The zero-order valence-corrected chi connectivity index (χ0v) is 22.0. The molecule has 3 aliphatic rings. The molecule has 0 bridgehead atoms. The zero-order valence-electron chi connectivity index (χ0n) is 18.8. The van der Waals surface area contributed by atoms with Crippen LogP contribution in [0.25, 0.3) is 11.0 Å². The van der Waals surface area contributed by atoms with Crippen LogP contribution < -0.4 is 4.62 Å². The number of rotatable bonds is 5. The molecule has 34 heavy (non-hydrogen) atoms. The largest absolute Gasteiger partial charge is 0.451 e. The average Bonchev–Trinajstić information content (AvgIpc) is 3.53. The molecule has 1 aromatic carbocycles. The van der Waals surface area contributed by atoms with Crippen molar-refractivity contribution < 1.29 is 29.8 Å². The van der Waals surface area contributed by atoms with E-state index in [4.69, 9.17) is 4.62 Å². The third-order valence-electron chi connectivity index (χ3n) is 5.86. The van der Waals surface area contributed by atoms with Gasteiger partial charge in [-0.3, -0.25) is 0 Å². The summed E-state index contributed by atoms with van der Waals surface area (Å²) in [4.78, 5) is 1.72. The van der Waals surface area contributed by atoms with Crippen molar-refractivity contribution >= 4 is 36.7 Å². The number of hydrogen-bond acceptors (Lipinski definition) is 6. The van der Waals surface area contributed by atoms with Gasteiger partial charge in [-0.2, -0.15) is 14.5 Å². The van der Waals surface area contributed by atoms with E-state index in [1.807, 2.05) is 18.2 Å². The van der Waals surface area contributed by atoms with Gasteiger partial charge in [0.2, 0.25) is 0 Å². The van der Waals surface area contributed by atoms with E-state index >= 15 is 0 Å². The van der Waals surface area contributed by atoms with Crippen LogP contribution in [0, 0.1) is 0 Å². The normalized spacial score (nSPS) is 22.6. The first-order chi connectivity index (χ1) is 15.3. The van der Waals surface area contributed by atoms with Gasteiger partial charge in [0.1, 0.15) is 11.0 Å². The van der Waals surface area contributed by atoms with Crippen molar-refractivity contribution in [3.63, 3.8) is 0 Å². The smallest absolute Gasteiger partial charge is 0.183 e. The van der Waals surface area contributed by atoms with Gasteiger partial charge in [-0.25, -0.2) is 0 Å². The van der Waals surface area contributed by atoms with Gasteiger partial charge in [-0.05, 0) is 60.7 Å². The third kappa shape index (κ3) is 7.11. The first-order valence-electron chi connectivity index (χ1n) is 11.1. The molecular weight excluding hydrogens is 523 g/mol. The molecule has 1 atom stereocenters. The van der Waals surface area contributed by atoms with E-state index in [-0.39, 0.29) is 9.90 Å². The average molecular weight is 554 g/mol. The van der Waals surface area contributed by atoms with Gasteiger partial charge in [0.25, 0.3) is 0 Å². The number of nitrogens with zero attached hydrogens (tertiary/aromatic N) is 6. The number of benzene rings is 1. The molecule has 196 valence electrons. The molecule has 0 radical (unpaired) electrons. The molecule has 0 N–H and O–H groups in total. The molecule has 3 saturated heterocycles. The molecule has 16 heteroatoms. The fraction of sp³-hybridized carbons (Fsp3) is 0.667. The molecule has 5 rings (SSSR count). The SMILES string of the molecule is F[P-](F)(F)(F)(F)F.P.c1ccc2c(c1)nnn2O[P+](N1CCCC1)(N1CCCC1)N1CCCC1. The summed E-state index contributed by atoms with van der Waals surface area (Å²) >= 11 is 0. The Morgan fingerprint density at radius 1 is 0.706 bits per heavy atom. The maximum absolute atomic E-state index is 10.7. The minimum atomic E-state index is -10.7. The van der Waals surface area contributed by atoms with E-state index in [0.29, 0.717) is 0 Å². The van der Waals surface area contributed by atoms with Gasteiger partial charge in [-0.1, -0.05) is 12.1 Å². The van der Waals surface area contributed by atoms with Crippen LogP contribution in [0.4, 0.5) is 25.2 Å². The van der Waals surface area contributed by atoms with Crippen molar-refractivity contribution in [2.75, 3.05) is 39.3 Å². The van der Waals surface area contributed by atoms with Crippen LogP contribution in [0.15, 0.2) is 24.3 Å². The predicted molar refractivity (Wildman–Crippen MR) is 128 cm³/mol. The summed E-state index contributed by atoms with van der Waals surface area (Å²) in [6, 6.07) is 8.10. The Balaban J connectivity index is 0.000000357. The molecule has 3 fully saturated rings. The van der Waals surface area contributed by atoms with E-state index < -0.39 is 15.8 Å². The van der Waals surface area contributed by atoms with E-state index in [0.717, 1.165) is 50.3 Å². The van der Waals surface area contributed by atoms with Crippen LogP contribution in [0.3, 0.4) is 0 Å². The van der Waals surface area contributed by atoms with E-state index in [1.165, 1.54) is 38.5 Å². The number of fused-ring (bicyclic) bond motifs is 1. The molecule has 2 aromatic rings. The number of para-hydroxylation sites is 1. The molecule has 0 amide bonds. The molecule has 3 aliphatic heterocycles. The third-order valence-corrected chi connectivity index (χ3v) is 9.65. The molecule has 1 unspecified atom stereocenters. The summed E-state index contributed by atoms with van der Waals surface area (Å²) in [5, 5.41) is 8.72. The second kappa shape index (κ2) is 9.56. The van der Waals surface area contributed by atoms with E-state index in [9.17, 15) is 25.2 Å². The number of halogens is 6. The molecular formula is C18H31F6N6OP3. The second-order valence-electron chi connectivity index (χ2n) is 8.49. The fourth-order valence-corrected chi connectivity index (χ4v) is 8.71. The van der Waals surface area contributed by atoms with Crippen molar-refractivity contribution in [2.45, 2.75) is 38.5 Å². The zero-order chi connectivity index (χ0) is 23.8. The Morgan fingerprint density at radius 3 is 1.50 bits per heavy atom. The van der Waals surface area contributed by atoms with Gasteiger partial charge in [0.15, 0.2) is 0 Å². The van der Waals surface area contributed by atoms with Crippen LogP contribution >= 0.6 is 25.6 Å². The number of hydrogen-bond donors (Lipinski definition) is 0. The predicted octanol–water partition coefficient (Wildman–Crippen LogP) is 6.27. The van der Waals surface area contributed by atoms with Crippen LogP contribution in [-0.4, -0.2) is 68.4 Å². The fourth-order valence-electron chi connectivity index (χ4n) is 4.59. The molecule has 7 nitrogen and oxygen atoms in total. The standard InChI is InChI=1S/C18H28N6OP.F6P.H3P/c1-2-10-18-17(9-1)19-20-24(18)25-26(21-11-3-4-12-21,22-13-5-6-14-22)23-15-7-8-16-23;1-7(2,3,4,5)6;/h1-2,9-10H,3-8,11-16H2;;1H3/q+1;-1;.